The van der Waals surface area contributed by atoms with E-state index in [1.807, 2.05) is 6.92 Å². The van der Waals surface area contributed by atoms with Crippen LogP contribution < -0.4 is 5.32 Å². The number of amides is 1. The number of hydrogen-bond donors (Lipinski definition) is 1. The minimum Gasteiger partial charge on any atom is -0.316 e. The van der Waals surface area contributed by atoms with Crippen molar-refractivity contribution in [2.24, 2.45) is 5.92 Å². The van der Waals surface area contributed by atoms with E-state index in [0.29, 0.717) is 32.4 Å². The predicted molar refractivity (Wildman–Crippen MR) is 89.6 cm³/mol. The van der Waals surface area contributed by atoms with Gasteiger partial charge in [0.2, 0.25) is 15.9 Å². The van der Waals surface area contributed by atoms with Crippen LogP contribution in [0.5, 0.6) is 0 Å². The van der Waals surface area contributed by atoms with Gasteiger partial charge in [-0.25, -0.2) is 17.1 Å². The molecule has 2 atom stereocenters. The smallest absolute Gasteiger partial charge is 0.239 e. The molecule has 0 spiro atoms. The third-order valence-corrected chi connectivity index (χ3v) is 7.33. The number of hydrogen-bond acceptors (Lipinski definition) is 4. The van der Waals surface area contributed by atoms with Gasteiger partial charge in [-0.05, 0) is 56.0 Å². The molecule has 5 nitrogen and oxygen atoms in total. The maximum Gasteiger partial charge on any atom is 0.239 e. The molecule has 1 saturated heterocycles. The van der Waals surface area contributed by atoms with Gasteiger partial charge in [-0.3, -0.25) is 4.79 Å². The summed E-state index contributed by atoms with van der Waals surface area (Å²) < 4.78 is 39.1. The van der Waals surface area contributed by atoms with E-state index in [0.717, 1.165) is 15.4 Å². The Morgan fingerprint density at radius 1 is 1.29 bits per heavy atom. The Balaban J connectivity index is 1.88. The maximum atomic E-state index is 13.4. The fourth-order valence-electron chi connectivity index (χ4n) is 3.48. The third-order valence-electron chi connectivity index (χ3n) is 5.07. The first-order valence-corrected chi connectivity index (χ1v) is 9.81. The highest BCUT2D eigenvalue weighted by Gasteiger charge is 2.44. The van der Waals surface area contributed by atoms with Crippen molar-refractivity contribution in [1.82, 2.24) is 9.62 Å². The van der Waals surface area contributed by atoms with E-state index in [1.54, 1.807) is 6.07 Å². The number of halogens is 1. The van der Waals surface area contributed by atoms with Crippen molar-refractivity contribution in [3.05, 3.63) is 35.1 Å². The lowest BCUT2D eigenvalue weighted by atomic mass is 9.79. The maximum absolute atomic E-state index is 13.4. The third kappa shape index (κ3) is 3.19. The van der Waals surface area contributed by atoms with Crippen LogP contribution in [0.4, 0.5) is 4.39 Å². The summed E-state index contributed by atoms with van der Waals surface area (Å²) in [5.74, 6) is -1.22. The number of nitrogens with one attached hydrogen (secondary N) is 1. The molecule has 132 valence electrons. The van der Waals surface area contributed by atoms with Crippen molar-refractivity contribution < 1.29 is 17.6 Å². The first-order valence-electron chi connectivity index (χ1n) is 8.30. The molecule has 7 heteroatoms. The highest BCUT2D eigenvalue weighted by Crippen LogP contribution is 2.36. The quantitative estimate of drug-likeness (QED) is 0.895. The van der Waals surface area contributed by atoms with Gasteiger partial charge < -0.3 is 5.32 Å². The zero-order valence-corrected chi connectivity index (χ0v) is 14.8. The van der Waals surface area contributed by atoms with E-state index >= 15 is 0 Å². The Morgan fingerprint density at radius 2 is 2.00 bits per heavy atom. The number of nitrogens with zero attached hydrogens (tertiary/aromatic N) is 1. The SMILES string of the molecule is Cc1cc(F)ccc1C1CNCCC1C(=O)N(C)S(=O)(=O)C1CC1. The first kappa shape index (κ1) is 17.4. The highest BCUT2D eigenvalue weighted by atomic mass is 32.2. The lowest BCUT2D eigenvalue weighted by Crippen LogP contribution is -2.46. The van der Waals surface area contributed by atoms with Crippen molar-refractivity contribution >= 4 is 15.9 Å². The molecule has 2 unspecified atom stereocenters. The monoisotopic (exact) mass is 354 g/mol. The molecule has 2 fully saturated rings. The molecule has 1 aliphatic heterocycles. The van der Waals surface area contributed by atoms with Crippen molar-refractivity contribution in [2.75, 3.05) is 20.1 Å². The summed E-state index contributed by atoms with van der Waals surface area (Å²) >= 11 is 0. The van der Waals surface area contributed by atoms with Crippen molar-refractivity contribution in [1.29, 1.82) is 0 Å². The summed E-state index contributed by atoms with van der Waals surface area (Å²) in [4.78, 5) is 12.9. The van der Waals surface area contributed by atoms with Gasteiger partial charge in [-0.15, -0.1) is 0 Å². The zero-order valence-electron chi connectivity index (χ0n) is 14.0. The fourth-order valence-corrected chi connectivity index (χ4v) is 5.05. The Kier molecular flexibility index (Phi) is 4.66. The molecule has 24 heavy (non-hydrogen) atoms. The van der Waals surface area contributed by atoms with Crippen LogP contribution in [-0.2, 0) is 14.8 Å². The van der Waals surface area contributed by atoms with E-state index in [1.165, 1.54) is 19.2 Å². The molecule has 1 N–H and O–H groups in total. The normalized spacial score (nSPS) is 24.6. The van der Waals surface area contributed by atoms with Crippen LogP contribution >= 0.6 is 0 Å². The minimum absolute atomic E-state index is 0.149. The molecule has 0 aromatic heterocycles. The first-order chi connectivity index (χ1) is 11.3. The summed E-state index contributed by atoms with van der Waals surface area (Å²) in [5.41, 5.74) is 1.69. The second-order valence-corrected chi connectivity index (χ2v) is 9.00. The number of rotatable bonds is 4. The summed E-state index contributed by atoms with van der Waals surface area (Å²) in [6.07, 6.45) is 1.84. The van der Waals surface area contributed by atoms with Crippen LogP contribution in [0.3, 0.4) is 0 Å². The molecule has 0 bridgehead atoms. The molecular weight excluding hydrogens is 331 g/mol. The number of sulfonamides is 1. The van der Waals surface area contributed by atoms with Gasteiger partial charge in [0.1, 0.15) is 5.82 Å². The summed E-state index contributed by atoms with van der Waals surface area (Å²) in [6.45, 7) is 3.07. The second kappa shape index (κ2) is 6.44. The van der Waals surface area contributed by atoms with Crippen LogP contribution in [0, 0.1) is 18.7 Å². The van der Waals surface area contributed by atoms with Gasteiger partial charge >= 0.3 is 0 Å². The number of aryl methyl sites for hydroxylation is 1. The van der Waals surface area contributed by atoms with Crippen LogP contribution in [0.15, 0.2) is 18.2 Å². The Morgan fingerprint density at radius 3 is 2.62 bits per heavy atom. The fraction of sp³-hybridized carbons (Fsp3) is 0.588. The molecule has 1 aromatic carbocycles. The Hall–Kier alpha value is -1.47. The lowest BCUT2D eigenvalue weighted by Gasteiger charge is -2.34. The second-order valence-electron chi connectivity index (χ2n) is 6.76. The van der Waals surface area contributed by atoms with Crippen molar-refractivity contribution in [3.63, 3.8) is 0 Å². The van der Waals surface area contributed by atoms with Gasteiger partial charge in [0.15, 0.2) is 0 Å². The Labute approximate surface area is 142 Å². The molecule has 1 aliphatic carbocycles. The minimum atomic E-state index is -3.53. The molecule has 1 saturated carbocycles. The van der Waals surface area contributed by atoms with E-state index in [2.05, 4.69) is 5.32 Å². The number of benzene rings is 1. The van der Waals surface area contributed by atoms with Crippen LogP contribution in [0.1, 0.15) is 36.3 Å². The zero-order chi connectivity index (χ0) is 17.5. The van der Waals surface area contributed by atoms with E-state index in [-0.39, 0.29) is 17.6 Å². The molecular formula is C17H23FN2O3S. The average molecular weight is 354 g/mol. The summed E-state index contributed by atoms with van der Waals surface area (Å²) in [6, 6.07) is 4.55. The standard InChI is InChI=1S/C17H23FN2O3S/c1-11-9-12(18)3-6-14(11)16-10-19-8-7-15(16)17(21)20(2)24(22,23)13-4-5-13/h3,6,9,13,15-16,19H,4-5,7-8,10H2,1-2H3. The molecule has 1 heterocycles. The van der Waals surface area contributed by atoms with E-state index in [4.69, 9.17) is 0 Å². The predicted octanol–water partition coefficient (Wildman–Crippen LogP) is 1.78. The van der Waals surface area contributed by atoms with Gasteiger partial charge in [0, 0.05) is 25.4 Å². The van der Waals surface area contributed by atoms with Crippen LogP contribution in [0.2, 0.25) is 0 Å². The van der Waals surface area contributed by atoms with Gasteiger partial charge in [-0.2, -0.15) is 0 Å². The van der Waals surface area contributed by atoms with E-state index in [9.17, 15) is 17.6 Å². The van der Waals surface area contributed by atoms with Crippen LogP contribution in [-0.4, -0.2) is 44.0 Å². The number of carbonyl (C=O) groups excluding carboxylic acids is 1. The Bertz CT molecular complexity index is 746. The van der Waals surface area contributed by atoms with Gasteiger partial charge in [0.25, 0.3) is 0 Å². The van der Waals surface area contributed by atoms with E-state index < -0.39 is 21.2 Å². The largest absolute Gasteiger partial charge is 0.316 e. The van der Waals surface area contributed by atoms with Crippen molar-refractivity contribution in [3.8, 4) is 0 Å². The lowest BCUT2D eigenvalue weighted by molar-refractivity contribution is -0.131. The average Bonchev–Trinajstić information content (AvgIpc) is 3.39. The van der Waals surface area contributed by atoms with Crippen LogP contribution in [0.25, 0.3) is 0 Å². The molecule has 3 rings (SSSR count). The van der Waals surface area contributed by atoms with Crippen molar-refractivity contribution in [2.45, 2.75) is 37.4 Å². The topological polar surface area (TPSA) is 66.5 Å². The summed E-state index contributed by atoms with van der Waals surface area (Å²) in [5, 5.41) is 2.86. The molecule has 1 amide bonds. The number of piperidine rings is 1. The van der Waals surface area contributed by atoms with Gasteiger partial charge in [-0.1, -0.05) is 6.07 Å². The number of carbonyl (C=O) groups is 1. The molecule has 1 aromatic rings. The molecule has 0 radical (unpaired) electrons. The highest BCUT2D eigenvalue weighted by molar-refractivity contribution is 7.90. The van der Waals surface area contributed by atoms with Gasteiger partial charge in [0.05, 0.1) is 5.25 Å². The summed E-state index contributed by atoms with van der Waals surface area (Å²) in [7, 11) is -2.17. The molecule has 2 aliphatic rings.